The lowest BCUT2D eigenvalue weighted by Crippen LogP contribution is -2.42. The maximum atomic E-state index is 14.4. The topological polar surface area (TPSA) is 71.7 Å². The molecule has 168 valence electrons. The molecule has 2 aromatic carbocycles. The molecule has 10 heteroatoms. The maximum absolute atomic E-state index is 14.4. The predicted octanol–water partition coefficient (Wildman–Crippen LogP) is 3.70. The summed E-state index contributed by atoms with van der Waals surface area (Å²) in [5.74, 6) is -2.01. The zero-order chi connectivity index (χ0) is 22.9. The van der Waals surface area contributed by atoms with Gasteiger partial charge in [0.15, 0.2) is 4.80 Å². The van der Waals surface area contributed by atoms with Crippen molar-refractivity contribution in [1.82, 2.24) is 8.87 Å². The lowest BCUT2D eigenvalue weighted by Gasteiger charge is -2.30. The molecule has 0 N–H and O–H groups in total. The van der Waals surface area contributed by atoms with Crippen molar-refractivity contribution in [3.8, 4) is 0 Å². The first-order chi connectivity index (χ1) is 15.3. The monoisotopic (exact) mass is 477 g/mol. The van der Waals surface area contributed by atoms with E-state index < -0.39 is 33.5 Å². The van der Waals surface area contributed by atoms with Crippen molar-refractivity contribution in [2.75, 3.05) is 13.1 Å². The quantitative estimate of drug-likeness (QED) is 0.526. The van der Waals surface area contributed by atoms with Crippen LogP contribution in [0.1, 0.15) is 12.8 Å². The molecule has 1 amide bonds. The second-order valence-electron chi connectivity index (χ2n) is 7.48. The number of piperidine rings is 1. The molecule has 0 spiro atoms. The van der Waals surface area contributed by atoms with Gasteiger partial charge in [0, 0.05) is 19.6 Å². The van der Waals surface area contributed by atoms with Gasteiger partial charge >= 0.3 is 0 Å². The number of rotatable bonds is 5. The summed E-state index contributed by atoms with van der Waals surface area (Å²) in [6.45, 7) is 4.23. The number of hydrogen-bond acceptors (Lipinski definition) is 4. The van der Waals surface area contributed by atoms with Crippen molar-refractivity contribution in [3.05, 3.63) is 71.6 Å². The van der Waals surface area contributed by atoms with Crippen LogP contribution in [0.5, 0.6) is 0 Å². The number of amides is 1. The van der Waals surface area contributed by atoms with Crippen LogP contribution in [0.2, 0.25) is 0 Å². The van der Waals surface area contributed by atoms with Crippen molar-refractivity contribution in [1.29, 1.82) is 0 Å². The lowest BCUT2D eigenvalue weighted by atomic mass is 9.99. The van der Waals surface area contributed by atoms with Crippen LogP contribution in [0.3, 0.4) is 0 Å². The van der Waals surface area contributed by atoms with Gasteiger partial charge < -0.3 is 4.57 Å². The van der Waals surface area contributed by atoms with Crippen molar-refractivity contribution in [3.63, 3.8) is 0 Å². The van der Waals surface area contributed by atoms with Gasteiger partial charge in [0.1, 0.15) is 11.6 Å². The number of benzene rings is 2. The standard InChI is InChI=1S/C22H21F2N3O3S2/c1-2-12-27-20-18(24)6-3-7-19(20)31-22(27)25-21(28)15-5-4-13-26(14-15)32(29,30)17-10-8-16(23)9-11-17/h2-3,6-11,15H,1,4-5,12-14H2. The van der Waals surface area contributed by atoms with Crippen LogP contribution in [0, 0.1) is 17.6 Å². The highest BCUT2D eigenvalue weighted by Gasteiger charge is 2.33. The summed E-state index contributed by atoms with van der Waals surface area (Å²) < 4.78 is 56.9. The SMILES string of the molecule is C=CCn1c(=NC(=O)C2CCCN(S(=O)(=O)c3ccc(F)cc3)C2)sc2cccc(F)c21. The number of para-hydroxylation sites is 1. The zero-order valence-electron chi connectivity index (χ0n) is 17.1. The van der Waals surface area contributed by atoms with Crippen LogP contribution >= 0.6 is 11.3 Å². The number of hydrogen-bond donors (Lipinski definition) is 0. The molecule has 1 fully saturated rings. The first kappa shape index (κ1) is 22.5. The molecule has 32 heavy (non-hydrogen) atoms. The van der Waals surface area contributed by atoms with E-state index in [4.69, 9.17) is 0 Å². The summed E-state index contributed by atoms with van der Waals surface area (Å²) in [7, 11) is -3.85. The summed E-state index contributed by atoms with van der Waals surface area (Å²) in [4.78, 5) is 17.5. The first-order valence-corrected chi connectivity index (χ1v) is 12.3. The Labute approximate surface area is 188 Å². The fraction of sp³-hybridized carbons (Fsp3) is 0.273. The van der Waals surface area contributed by atoms with E-state index in [2.05, 4.69) is 11.6 Å². The van der Waals surface area contributed by atoms with Gasteiger partial charge in [-0.1, -0.05) is 23.5 Å². The summed E-state index contributed by atoms with van der Waals surface area (Å²) >= 11 is 1.20. The van der Waals surface area contributed by atoms with Crippen molar-refractivity contribution >= 4 is 37.5 Å². The Morgan fingerprint density at radius 2 is 1.97 bits per heavy atom. The van der Waals surface area contributed by atoms with E-state index in [-0.39, 0.29) is 24.5 Å². The average Bonchev–Trinajstić information content (AvgIpc) is 3.12. The third kappa shape index (κ3) is 4.30. The Kier molecular flexibility index (Phi) is 6.36. The summed E-state index contributed by atoms with van der Waals surface area (Å²) in [5.41, 5.74) is 0.355. The molecule has 1 saturated heterocycles. The highest BCUT2D eigenvalue weighted by atomic mass is 32.2. The third-order valence-electron chi connectivity index (χ3n) is 5.35. The Bertz CT molecular complexity index is 1340. The molecule has 6 nitrogen and oxygen atoms in total. The number of allylic oxidation sites excluding steroid dienone is 1. The second kappa shape index (κ2) is 9.05. The fourth-order valence-corrected chi connectivity index (χ4v) is 6.36. The summed E-state index contributed by atoms with van der Waals surface area (Å²) in [5, 5.41) is 0. The minimum Gasteiger partial charge on any atom is -0.310 e. The van der Waals surface area contributed by atoms with Crippen molar-refractivity contribution in [2.45, 2.75) is 24.3 Å². The van der Waals surface area contributed by atoms with Crippen molar-refractivity contribution in [2.24, 2.45) is 10.9 Å². The number of carbonyl (C=O) groups is 1. The lowest BCUT2D eigenvalue weighted by molar-refractivity contribution is -0.122. The number of fused-ring (bicyclic) bond motifs is 1. The summed E-state index contributed by atoms with van der Waals surface area (Å²) in [6, 6.07) is 9.30. The van der Waals surface area contributed by atoms with Gasteiger partial charge in [0.25, 0.3) is 5.91 Å². The fourth-order valence-electron chi connectivity index (χ4n) is 3.77. The van der Waals surface area contributed by atoms with Gasteiger partial charge in [-0.15, -0.1) is 6.58 Å². The number of carbonyl (C=O) groups excluding carboxylic acids is 1. The second-order valence-corrected chi connectivity index (χ2v) is 10.4. The highest BCUT2D eigenvalue weighted by molar-refractivity contribution is 7.89. The van der Waals surface area contributed by atoms with Gasteiger partial charge in [0.05, 0.1) is 21.0 Å². The van der Waals surface area contributed by atoms with Crippen LogP contribution in [0.25, 0.3) is 10.2 Å². The Morgan fingerprint density at radius 1 is 1.22 bits per heavy atom. The van der Waals surface area contributed by atoms with E-state index in [9.17, 15) is 22.0 Å². The molecule has 2 heterocycles. The first-order valence-electron chi connectivity index (χ1n) is 10.0. The molecule has 0 radical (unpaired) electrons. The Balaban J connectivity index is 1.64. The molecule has 1 aromatic heterocycles. The molecule has 1 unspecified atom stereocenters. The number of halogens is 2. The minimum atomic E-state index is -3.85. The molecular formula is C22H21F2N3O3S2. The van der Waals surface area contributed by atoms with Crippen LogP contribution in [-0.2, 0) is 21.4 Å². The van der Waals surface area contributed by atoms with Gasteiger partial charge in [-0.25, -0.2) is 17.2 Å². The van der Waals surface area contributed by atoms with Gasteiger partial charge in [0.2, 0.25) is 10.0 Å². The van der Waals surface area contributed by atoms with Crippen LogP contribution in [0.15, 0.2) is 65.0 Å². The minimum absolute atomic E-state index is 0.0112. The molecule has 0 aliphatic carbocycles. The van der Waals surface area contributed by atoms with E-state index in [1.165, 1.54) is 33.8 Å². The van der Waals surface area contributed by atoms with E-state index >= 15 is 0 Å². The third-order valence-corrected chi connectivity index (χ3v) is 8.28. The van der Waals surface area contributed by atoms with E-state index in [0.29, 0.717) is 27.9 Å². The molecule has 0 bridgehead atoms. The maximum Gasteiger partial charge on any atom is 0.252 e. The molecule has 4 rings (SSSR count). The molecular weight excluding hydrogens is 456 g/mol. The van der Waals surface area contributed by atoms with E-state index in [1.54, 1.807) is 22.8 Å². The predicted molar refractivity (Wildman–Crippen MR) is 118 cm³/mol. The normalized spacial score (nSPS) is 18.2. The zero-order valence-corrected chi connectivity index (χ0v) is 18.7. The number of thiazole rings is 1. The van der Waals surface area contributed by atoms with Crippen molar-refractivity contribution < 1.29 is 22.0 Å². The summed E-state index contributed by atoms with van der Waals surface area (Å²) in [6.07, 6.45) is 2.60. The van der Waals surface area contributed by atoms with E-state index in [0.717, 1.165) is 12.1 Å². The number of aromatic nitrogens is 1. The van der Waals surface area contributed by atoms with E-state index in [1.807, 2.05) is 0 Å². The Hall–Kier alpha value is -2.69. The van der Waals surface area contributed by atoms with Gasteiger partial charge in [-0.2, -0.15) is 9.30 Å². The molecule has 1 atom stereocenters. The molecule has 0 saturated carbocycles. The van der Waals surface area contributed by atoms with Crippen LogP contribution in [-0.4, -0.2) is 36.3 Å². The molecule has 1 aliphatic rings. The Morgan fingerprint density at radius 3 is 2.69 bits per heavy atom. The van der Waals surface area contributed by atoms with Gasteiger partial charge in [-0.3, -0.25) is 4.79 Å². The number of sulfonamides is 1. The smallest absolute Gasteiger partial charge is 0.252 e. The van der Waals surface area contributed by atoms with Gasteiger partial charge in [-0.05, 0) is 49.2 Å². The van der Waals surface area contributed by atoms with Crippen LogP contribution in [0.4, 0.5) is 8.78 Å². The molecule has 3 aromatic rings. The highest BCUT2D eigenvalue weighted by Crippen LogP contribution is 2.25. The average molecular weight is 478 g/mol. The largest absolute Gasteiger partial charge is 0.310 e. The number of nitrogens with zero attached hydrogens (tertiary/aromatic N) is 3. The van der Waals surface area contributed by atoms with Crippen LogP contribution < -0.4 is 4.80 Å². The molecule has 1 aliphatic heterocycles.